The molecule has 0 amide bonds. The maximum atomic E-state index is 14.0. The van der Waals surface area contributed by atoms with Gasteiger partial charge in [-0.25, -0.2) is 13.2 Å². The lowest BCUT2D eigenvalue weighted by Crippen LogP contribution is -2.03. The van der Waals surface area contributed by atoms with Gasteiger partial charge in [-0.15, -0.1) is 0 Å². The van der Waals surface area contributed by atoms with E-state index in [9.17, 15) is 13.2 Å². The summed E-state index contributed by atoms with van der Waals surface area (Å²) in [5, 5.41) is 0. The van der Waals surface area contributed by atoms with Gasteiger partial charge in [0.1, 0.15) is 5.82 Å². The van der Waals surface area contributed by atoms with Crippen LogP contribution in [0.2, 0.25) is 0 Å². The SMILES string of the molecule is C=C(C)/C(F)=C(/F)C(=C)C(C)CCC(C)/C=C/c1ccc(C)c(F)c1. The van der Waals surface area contributed by atoms with Crippen LogP contribution in [0.15, 0.2) is 60.2 Å². The van der Waals surface area contributed by atoms with Crippen LogP contribution in [0.5, 0.6) is 0 Å². The summed E-state index contributed by atoms with van der Waals surface area (Å²) < 4.78 is 41.1. The number of halogens is 3. The van der Waals surface area contributed by atoms with Crippen molar-refractivity contribution in [2.24, 2.45) is 11.8 Å². The molecule has 136 valence electrons. The minimum absolute atomic E-state index is 0.0625. The number of hydrogen-bond acceptors (Lipinski definition) is 0. The Morgan fingerprint density at radius 2 is 1.76 bits per heavy atom. The fourth-order valence-corrected chi connectivity index (χ4v) is 2.32. The van der Waals surface area contributed by atoms with E-state index in [1.807, 2.05) is 32.1 Å². The Bertz CT molecular complexity index is 695. The number of rotatable bonds is 8. The Kier molecular flexibility index (Phi) is 7.95. The van der Waals surface area contributed by atoms with Gasteiger partial charge >= 0.3 is 0 Å². The zero-order valence-corrected chi connectivity index (χ0v) is 15.5. The summed E-state index contributed by atoms with van der Waals surface area (Å²) in [5.74, 6) is -1.98. The van der Waals surface area contributed by atoms with Crippen LogP contribution in [0.1, 0.15) is 44.7 Å². The van der Waals surface area contributed by atoms with Crippen molar-refractivity contribution in [1.82, 2.24) is 0 Å². The molecule has 0 radical (unpaired) electrons. The van der Waals surface area contributed by atoms with Crippen LogP contribution >= 0.6 is 0 Å². The third-order valence-corrected chi connectivity index (χ3v) is 4.31. The van der Waals surface area contributed by atoms with E-state index in [-0.39, 0.29) is 28.8 Å². The molecule has 0 aromatic heterocycles. The number of allylic oxidation sites excluding steroid dienone is 5. The van der Waals surface area contributed by atoms with Crippen LogP contribution in [0.4, 0.5) is 13.2 Å². The molecular formula is C22H27F3. The molecule has 25 heavy (non-hydrogen) atoms. The molecule has 0 nitrogen and oxygen atoms in total. The van der Waals surface area contributed by atoms with Gasteiger partial charge in [-0.3, -0.25) is 0 Å². The second-order valence-corrected chi connectivity index (χ2v) is 6.76. The Hall–Kier alpha value is -2.03. The highest BCUT2D eigenvalue weighted by atomic mass is 19.2. The molecule has 3 heteroatoms. The molecule has 0 heterocycles. The predicted octanol–water partition coefficient (Wildman–Crippen LogP) is 7.48. The topological polar surface area (TPSA) is 0 Å². The lowest BCUT2D eigenvalue weighted by Gasteiger charge is -2.15. The highest BCUT2D eigenvalue weighted by Gasteiger charge is 2.17. The maximum Gasteiger partial charge on any atom is 0.161 e. The fraction of sp³-hybridized carbons (Fsp3) is 0.364. The fourth-order valence-electron chi connectivity index (χ4n) is 2.32. The van der Waals surface area contributed by atoms with Crippen LogP contribution in [-0.2, 0) is 0 Å². The van der Waals surface area contributed by atoms with Crippen molar-refractivity contribution in [3.63, 3.8) is 0 Å². The van der Waals surface area contributed by atoms with E-state index in [0.717, 1.165) is 12.0 Å². The molecule has 0 saturated carbocycles. The molecule has 0 aliphatic heterocycles. The molecule has 2 atom stereocenters. The van der Waals surface area contributed by atoms with Crippen molar-refractivity contribution < 1.29 is 13.2 Å². The van der Waals surface area contributed by atoms with Crippen molar-refractivity contribution in [2.75, 3.05) is 0 Å². The van der Waals surface area contributed by atoms with Gasteiger partial charge in [0.25, 0.3) is 0 Å². The van der Waals surface area contributed by atoms with E-state index >= 15 is 0 Å². The lowest BCUT2D eigenvalue weighted by molar-refractivity contribution is 0.485. The second kappa shape index (κ2) is 9.45. The quantitative estimate of drug-likeness (QED) is 0.427. The van der Waals surface area contributed by atoms with E-state index in [1.54, 1.807) is 13.0 Å². The molecule has 1 rings (SSSR count). The van der Waals surface area contributed by atoms with E-state index in [2.05, 4.69) is 13.2 Å². The van der Waals surface area contributed by atoms with Crippen LogP contribution < -0.4 is 0 Å². The highest BCUT2D eigenvalue weighted by Crippen LogP contribution is 2.29. The molecule has 0 bridgehead atoms. The molecular weight excluding hydrogens is 321 g/mol. The maximum absolute atomic E-state index is 14.0. The molecule has 2 unspecified atom stereocenters. The first-order chi connectivity index (χ1) is 11.6. The van der Waals surface area contributed by atoms with E-state index < -0.39 is 11.7 Å². The van der Waals surface area contributed by atoms with Gasteiger partial charge in [-0.1, -0.05) is 51.3 Å². The standard InChI is InChI=1S/C22H27F3/c1-14(2)21(24)22(25)18(6)16(4)9-7-15(3)8-11-19-12-10-17(5)20(23)13-19/h8,10-13,15-16H,1,6-7,9H2,2-5H3/b11-8+,22-21-. The number of hydrogen-bond donors (Lipinski definition) is 0. The normalized spacial score (nSPS) is 15.0. The molecule has 0 fully saturated rings. The summed E-state index contributed by atoms with van der Waals surface area (Å²) in [4.78, 5) is 0. The molecule has 0 aliphatic rings. The summed E-state index contributed by atoms with van der Waals surface area (Å²) in [6, 6.07) is 5.12. The second-order valence-electron chi connectivity index (χ2n) is 6.76. The van der Waals surface area contributed by atoms with Gasteiger partial charge in [0, 0.05) is 0 Å². The van der Waals surface area contributed by atoms with E-state index in [1.165, 1.54) is 13.0 Å². The Morgan fingerprint density at radius 3 is 2.32 bits per heavy atom. The highest BCUT2D eigenvalue weighted by molar-refractivity contribution is 5.50. The van der Waals surface area contributed by atoms with Crippen LogP contribution in [0.3, 0.4) is 0 Å². The molecule has 0 saturated heterocycles. The first kappa shape index (κ1) is 21.0. The van der Waals surface area contributed by atoms with E-state index in [0.29, 0.717) is 12.0 Å². The van der Waals surface area contributed by atoms with Gasteiger partial charge in [-0.05, 0) is 66.9 Å². The van der Waals surface area contributed by atoms with Crippen molar-refractivity contribution in [2.45, 2.75) is 40.5 Å². The monoisotopic (exact) mass is 348 g/mol. The number of aryl methyl sites for hydroxylation is 1. The summed E-state index contributed by atoms with van der Waals surface area (Å²) in [5.41, 5.74) is 1.66. The summed E-state index contributed by atoms with van der Waals surface area (Å²) in [6.07, 6.45) is 5.37. The minimum atomic E-state index is -0.925. The molecule has 1 aromatic rings. The Balaban J connectivity index is 2.60. The minimum Gasteiger partial charge on any atom is -0.207 e. The summed E-state index contributed by atoms with van der Waals surface area (Å²) in [7, 11) is 0. The lowest BCUT2D eigenvalue weighted by atomic mass is 9.91. The van der Waals surface area contributed by atoms with Crippen molar-refractivity contribution in [3.05, 3.63) is 77.2 Å². The zero-order chi connectivity index (χ0) is 19.1. The third kappa shape index (κ3) is 6.41. The van der Waals surface area contributed by atoms with Crippen molar-refractivity contribution in [1.29, 1.82) is 0 Å². The first-order valence-electron chi connectivity index (χ1n) is 8.48. The van der Waals surface area contributed by atoms with E-state index in [4.69, 9.17) is 0 Å². The molecule has 1 aromatic carbocycles. The largest absolute Gasteiger partial charge is 0.207 e. The predicted molar refractivity (Wildman–Crippen MR) is 101 cm³/mol. The molecule has 0 aliphatic carbocycles. The van der Waals surface area contributed by atoms with Crippen LogP contribution in [0, 0.1) is 24.6 Å². The van der Waals surface area contributed by atoms with Gasteiger partial charge in [0.15, 0.2) is 11.7 Å². The van der Waals surface area contributed by atoms with Crippen LogP contribution in [-0.4, -0.2) is 0 Å². The van der Waals surface area contributed by atoms with Gasteiger partial charge in [0.05, 0.1) is 0 Å². The smallest absolute Gasteiger partial charge is 0.161 e. The van der Waals surface area contributed by atoms with Gasteiger partial charge < -0.3 is 0 Å². The van der Waals surface area contributed by atoms with Crippen LogP contribution in [0.25, 0.3) is 6.08 Å². The first-order valence-corrected chi connectivity index (χ1v) is 8.48. The average molecular weight is 348 g/mol. The Labute approximate surface area is 149 Å². The van der Waals surface area contributed by atoms with Gasteiger partial charge in [0.2, 0.25) is 0 Å². The molecule has 0 spiro atoms. The summed E-state index contributed by atoms with van der Waals surface area (Å²) in [6.45, 7) is 14.1. The number of benzene rings is 1. The Morgan fingerprint density at radius 1 is 1.12 bits per heavy atom. The van der Waals surface area contributed by atoms with Crippen molar-refractivity contribution >= 4 is 6.08 Å². The average Bonchev–Trinajstić information content (AvgIpc) is 2.58. The van der Waals surface area contributed by atoms with Gasteiger partial charge in [-0.2, -0.15) is 0 Å². The summed E-state index contributed by atoms with van der Waals surface area (Å²) >= 11 is 0. The molecule has 0 N–H and O–H groups in total. The third-order valence-electron chi connectivity index (χ3n) is 4.31. The zero-order valence-electron chi connectivity index (χ0n) is 15.5. The van der Waals surface area contributed by atoms with Crippen molar-refractivity contribution in [3.8, 4) is 0 Å².